The second-order valence-electron chi connectivity index (χ2n) is 4.97. The zero-order chi connectivity index (χ0) is 15.0. The second-order valence-corrected chi connectivity index (χ2v) is 4.97. The highest BCUT2D eigenvalue weighted by Crippen LogP contribution is 2.31. The summed E-state index contributed by atoms with van der Waals surface area (Å²) in [5.41, 5.74) is 5.55. The predicted molar refractivity (Wildman–Crippen MR) is 77.9 cm³/mol. The van der Waals surface area contributed by atoms with Crippen molar-refractivity contribution in [3.8, 4) is 0 Å². The second kappa shape index (κ2) is 8.00. The lowest BCUT2D eigenvalue weighted by molar-refractivity contribution is -0.150. The lowest BCUT2D eigenvalue weighted by Crippen LogP contribution is -2.44. The Bertz CT molecular complexity index is 436. The number of carbonyl (C=O) groups excluding carboxylic acids is 1. The van der Waals surface area contributed by atoms with Gasteiger partial charge in [-0.25, -0.2) is 4.39 Å². The molecular formula is C16H24FNO2. The first-order valence-electron chi connectivity index (χ1n) is 7.24. The third-order valence-electron chi connectivity index (χ3n) is 3.60. The van der Waals surface area contributed by atoms with Crippen molar-refractivity contribution in [1.82, 2.24) is 0 Å². The van der Waals surface area contributed by atoms with E-state index in [1.54, 1.807) is 19.1 Å². The molecule has 20 heavy (non-hydrogen) atoms. The molecule has 0 aliphatic heterocycles. The van der Waals surface area contributed by atoms with Gasteiger partial charge < -0.3 is 10.5 Å². The Balaban J connectivity index is 3.12. The van der Waals surface area contributed by atoms with E-state index in [2.05, 4.69) is 6.92 Å². The molecule has 2 N–H and O–H groups in total. The molecule has 0 heterocycles. The largest absolute Gasteiger partial charge is 0.465 e. The molecule has 0 spiro atoms. The van der Waals surface area contributed by atoms with Gasteiger partial charge in [0, 0.05) is 6.54 Å². The van der Waals surface area contributed by atoms with Crippen LogP contribution in [0.5, 0.6) is 0 Å². The minimum atomic E-state index is -0.937. The van der Waals surface area contributed by atoms with Gasteiger partial charge in [0.05, 0.1) is 6.61 Å². The Morgan fingerprint density at radius 2 is 2.10 bits per heavy atom. The summed E-state index contributed by atoms with van der Waals surface area (Å²) in [4.78, 5) is 12.4. The SMILES string of the molecule is CCCCCC(CN)(C(=O)OCC)c1cccc(F)c1. The molecular weight excluding hydrogens is 257 g/mol. The number of hydrogen-bond acceptors (Lipinski definition) is 3. The summed E-state index contributed by atoms with van der Waals surface area (Å²) >= 11 is 0. The quantitative estimate of drug-likeness (QED) is 0.588. The summed E-state index contributed by atoms with van der Waals surface area (Å²) in [5.74, 6) is -0.718. The number of unbranched alkanes of at least 4 members (excludes halogenated alkanes) is 2. The van der Waals surface area contributed by atoms with Crippen molar-refractivity contribution in [2.45, 2.75) is 44.9 Å². The number of carbonyl (C=O) groups is 1. The molecule has 0 aromatic heterocycles. The monoisotopic (exact) mass is 281 g/mol. The molecule has 3 nitrogen and oxygen atoms in total. The topological polar surface area (TPSA) is 52.3 Å². The van der Waals surface area contributed by atoms with Crippen molar-refractivity contribution >= 4 is 5.97 Å². The minimum Gasteiger partial charge on any atom is -0.465 e. The van der Waals surface area contributed by atoms with Crippen LogP contribution in [-0.2, 0) is 14.9 Å². The van der Waals surface area contributed by atoms with Crippen LogP contribution in [0, 0.1) is 5.82 Å². The first-order valence-corrected chi connectivity index (χ1v) is 7.24. The fourth-order valence-electron chi connectivity index (χ4n) is 2.40. The van der Waals surface area contributed by atoms with Crippen LogP contribution in [-0.4, -0.2) is 19.1 Å². The van der Waals surface area contributed by atoms with E-state index in [0.29, 0.717) is 18.6 Å². The van der Waals surface area contributed by atoms with Crippen LogP contribution < -0.4 is 5.73 Å². The predicted octanol–water partition coefficient (Wildman–Crippen LogP) is 3.17. The highest BCUT2D eigenvalue weighted by atomic mass is 19.1. The van der Waals surface area contributed by atoms with Gasteiger partial charge in [0.1, 0.15) is 11.2 Å². The van der Waals surface area contributed by atoms with Crippen LogP contribution in [0.25, 0.3) is 0 Å². The molecule has 1 unspecified atom stereocenters. The molecule has 0 aliphatic carbocycles. The molecule has 1 aromatic rings. The molecule has 1 atom stereocenters. The van der Waals surface area contributed by atoms with Crippen molar-refractivity contribution in [1.29, 1.82) is 0 Å². The molecule has 0 bridgehead atoms. The normalized spacial score (nSPS) is 13.8. The van der Waals surface area contributed by atoms with Crippen LogP contribution in [0.15, 0.2) is 24.3 Å². The number of esters is 1. The van der Waals surface area contributed by atoms with E-state index in [-0.39, 0.29) is 18.3 Å². The fraction of sp³-hybridized carbons (Fsp3) is 0.562. The van der Waals surface area contributed by atoms with Crippen molar-refractivity contribution in [2.24, 2.45) is 5.73 Å². The van der Waals surface area contributed by atoms with E-state index < -0.39 is 5.41 Å². The lowest BCUT2D eigenvalue weighted by Gasteiger charge is -2.30. The first kappa shape index (κ1) is 16.6. The van der Waals surface area contributed by atoms with E-state index in [1.165, 1.54) is 12.1 Å². The summed E-state index contributed by atoms with van der Waals surface area (Å²) in [6.45, 7) is 4.27. The Hall–Kier alpha value is -1.42. The van der Waals surface area contributed by atoms with Crippen molar-refractivity contribution in [3.63, 3.8) is 0 Å². The van der Waals surface area contributed by atoms with E-state index >= 15 is 0 Å². The van der Waals surface area contributed by atoms with Crippen molar-refractivity contribution in [2.75, 3.05) is 13.2 Å². The molecule has 0 aliphatic rings. The standard InChI is InChI=1S/C16H24FNO2/c1-3-5-6-10-16(12-18,15(19)20-4-2)13-8-7-9-14(17)11-13/h7-9,11H,3-6,10,12,18H2,1-2H3. The van der Waals surface area contributed by atoms with Gasteiger partial charge in [-0.3, -0.25) is 4.79 Å². The van der Waals surface area contributed by atoms with Gasteiger partial charge in [-0.15, -0.1) is 0 Å². The van der Waals surface area contributed by atoms with Crippen molar-refractivity contribution in [3.05, 3.63) is 35.6 Å². The fourth-order valence-corrected chi connectivity index (χ4v) is 2.40. The van der Waals surface area contributed by atoms with Gasteiger partial charge in [0.25, 0.3) is 0 Å². The number of rotatable bonds is 8. The average Bonchev–Trinajstić information content (AvgIpc) is 2.44. The molecule has 0 saturated heterocycles. The Labute approximate surface area is 120 Å². The number of benzene rings is 1. The van der Waals surface area contributed by atoms with Crippen molar-refractivity contribution < 1.29 is 13.9 Å². The summed E-state index contributed by atoms with van der Waals surface area (Å²) in [5, 5.41) is 0. The highest BCUT2D eigenvalue weighted by molar-refractivity contribution is 5.83. The van der Waals surface area contributed by atoms with Gasteiger partial charge in [-0.2, -0.15) is 0 Å². The van der Waals surface area contributed by atoms with Crippen LogP contribution in [0.2, 0.25) is 0 Å². The first-order chi connectivity index (χ1) is 9.60. The maximum Gasteiger partial charge on any atom is 0.317 e. The maximum absolute atomic E-state index is 13.5. The van der Waals surface area contributed by atoms with Gasteiger partial charge in [0.2, 0.25) is 0 Å². The smallest absolute Gasteiger partial charge is 0.317 e. The van der Waals surface area contributed by atoms with E-state index in [9.17, 15) is 9.18 Å². The van der Waals surface area contributed by atoms with E-state index in [4.69, 9.17) is 10.5 Å². The Morgan fingerprint density at radius 3 is 2.65 bits per heavy atom. The number of hydrogen-bond donors (Lipinski definition) is 1. The molecule has 4 heteroatoms. The third-order valence-corrected chi connectivity index (χ3v) is 3.60. The minimum absolute atomic E-state index is 0.124. The average molecular weight is 281 g/mol. The summed E-state index contributed by atoms with van der Waals surface area (Å²) in [7, 11) is 0. The van der Waals surface area contributed by atoms with Gasteiger partial charge in [-0.05, 0) is 31.0 Å². The molecule has 1 rings (SSSR count). The summed E-state index contributed by atoms with van der Waals surface area (Å²) < 4.78 is 18.7. The molecule has 112 valence electrons. The molecule has 0 amide bonds. The van der Waals surface area contributed by atoms with Gasteiger partial charge >= 0.3 is 5.97 Å². The summed E-state index contributed by atoms with van der Waals surface area (Å²) in [6, 6.07) is 6.10. The van der Waals surface area contributed by atoms with Gasteiger partial charge in [-0.1, -0.05) is 38.3 Å². The van der Waals surface area contributed by atoms with Crippen LogP contribution >= 0.6 is 0 Å². The van der Waals surface area contributed by atoms with Crippen LogP contribution in [0.4, 0.5) is 4.39 Å². The van der Waals surface area contributed by atoms with E-state index in [1.807, 2.05) is 0 Å². The third kappa shape index (κ3) is 3.79. The van der Waals surface area contributed by atoms with Gasteiger partial charge in [0.15, 0.2) is 0 Å². The number of ether oxygens (including phenoxy) is 1. The zero-order valence-corrected chi connectivity index (χ0v) is 12.3. The molecule has 1 aromatic carbocycles. The molecule has 0 fully saturated rings. The molecule has 0 radical (unpaired) electrons. The Kier molecular flexibility index (Phi) is 6.65. The Morgan fingerprint density at radius 1 is 1.35 bits per heavy atom. The summed E-state index contributed by atoms with van der Waals surface area (Å²) in [6.07, 6.45) is 3.51. The van der Waals surface area contributed by atoms with Crippen LogP contribution in [0.3, 0.4) is 0 Å². The highest BCUT2D eigenvalue weighted by Gasteiger charge is 2.40. The lowest BCUT2D eigenvalue weighted by atomic mass is 9.76. The molecule has 0 saturated carbocycles. The number of halogens is 1. The van der Waals surface area contributed by atoms with Crippen LogP contribution in [0.1, 0.15) is 45.1 Å². The maximum atomic E-state index is 13.5. The number of nitrogens with two attached hydrogens (primary N) is 1. The zero-order valence-electron chi connectivity index (χ0n) is 12.3. The van der Waals surface area contributed by atoms with E-state index in [0.717, 1.165) is 19.3 Å².